The highest BCUT2D eigenvalue weighted by Gasteiger charge is 2.35. The monoisotopic (exact) mass is 372 g/mol. The van der Waals surface area contributed by atoms with Crippen molar-refractivity contribution in [1.82, 2.24) is 9.97 Å². The fraction of sp³-hybridized carbons (Fsp3) is 0.200. The molecule has 0 radical (unpaired) electrons. The summed E-state index contributed by atoms with van der Waals surface area (Å²) in [4.78, 5) is 7.87. The molecular weight excluding hydrogens is 353 g/mol. The summed E-state index contributed by atoms with van der Waals surface area (Å²) in [7, 11) is 0. The summed E-state index contributed by atoms with van der Waals surface area (Å²) in [5, 5.41) is 5.70. The molecule has 0 bridgehead atoms. The topological polar surface area (TPSA) is 49.8 Å². The Morgan fingerprint density at radius 3 is 2.33 bits per heavy atom. The third kappa shape index (κ3) is 4.75. The Labute approximate surface area is 155 Å². The molecule has 3 aromatic rings. The number of nitrogens with one attached hydrogen (secondary N) is 2. The SMILES string of the molecule is CCc1ccc(Nc2ncc(C(F)(F)F)c(Nc3cccc(C)c3)n2)cc1. The van der Waals surface area contributed by atoms with Gasteiger partial charge in [0.15, 0.2) is 0 Å². The molecule has 27 heavy (non-hydrogen) atoms. The van der Waals surface area contributed by atoms with Crippen LogP contribution in [0.4, 0.5) is 36.3 Å². The molecular formula is C20H19F3N4. The number of halogens is 3. The van der Waals surface area contributed by atoms with Gasteiger partial charge in [-0.1, -0.05) is 31.2 Å². The van der Waals surface area contributed by atoms with E-state index in [0.717, 1.165) is 23.7 Å². The highest BCUT2D eigenvalue weighted by Crippen LogP contribution is 2.35. The second-order valence-corrected chi connectivity index (χ2v) is 6.12. The Hall–Kier alpha value is -3.09. The summed E-state index contributed by atoms with van der Waals surface area (Å²) in [5.74, 6) is -0.210. The molecule has 0 atom stereocenters. The zero-order valence-electron chi connectivity index (χ0n) is 14.9. The summed E-state index contributed by atoms with van der Waals surface area (Å²) in [6.07, 6.45) is -2.87. The summed E-state index contributed by atoms with van der Waals surface area (Å²) in [6.45, 7) is 3.91. The number of benzene rings is 2. The van der Waals surface area contributed by atoms with Crippen LogP contribution in [0.15, 0.2) is 54.7 Å². The Morgan fingerprint density at radius 1 is 0.963 bits per heavy atom. The van der Waals surface area contributed by atoms with Crippen molar-refractivity contribution in [2.75, 3.05) is 10.6 Å². The standard InChI is InChI=1S/C20H19F3N4/c1-3-14-7-9-15(10-8-14)26-19-24-12-17(20(21,22)23)18(27-19)25-16-6-4-5-13(2)11-16/h4-12H,3H2,1-2H3,(H2,24,25,26,27). The van der Waals surface area contributed by atoms with Crippen LogP contribution >= 0.6 is 0 Å². The third-order valence-corrected chi connectivity index (χ3v) is 3.99. The van der Waals surface area contributed by atoms with Crippen LogP contribution in [-0.4, -0.2) is 9.97 Å². The minimum absolute atomic E-state index is 0.0856. The van der Waals surface area contributed by atoms with E-state index in [-0.39, 0.29) is 11.8 Å². The minimum Gasteiger partial charge on any atom is -0.340 e. The van der Waals surface area contributed by atoms with Gasteiger partial charge in [0.2, 0.25) is 5.95 Å². The van der Waals surface area contributed by atoms with Gasteiger partial charge in [-0.15, -0.1) is 0 Å². The normalized spacial score (nSPS) is 11.3. The maximum atomic E-state index is 13.3. The third-order valence-electron chi connectivity index (χ3n) is 3.99. The predicted octanol–water partition coefficient (Wildman–Crippen LogP) is 5.85. The number of alkyl halides is 3. The number of hydrogen-bond acceptors (Lipinski definition) is 4. The molecule has 7 heteroatoms. The smallest absolute Gasteiger partial charge is 0.340 e. The number of aryl methyl sites for hydroxylation is 2. The fourth-order valence-corrected chi connectivity index (χ4v) is 2.56. The maximum Gasteiger partial charge on any atom is 0.421 e. The van der Waals surface area contributed by atoms with Gasteiger partial charge in [0.1, 0.15) is 11.4 Å². The molecule has 2 N–H and O–H groups in total. The van der Waals surface area contributed by atoms with Crippen molar-refractivity contribution in [3.63, 3.8) is 0 Å². The van der Waals surface area contributed by atoms with Crippen molar-refractivity contribution < 1.29 is 13.2 Å². The number of anilines is 4. The molecule has 140 valence electrons. The van der Waals surface area contributed by atoms with Gasteiger partial charge in [0.05, 0.1) is 0 Å². The van der Waals surface area contributed by atoms with E-state index in [4.69, 9.17) is 0 Å². The lowest BCUT2D eigenvalue weighted by atomic mass is 10.1. The van der Waals surface area contributed by atoms with Gasteiger partial charge in [0, 0.05) is 17.6 Å². The zero-order valence-corrected chi connectivity index (χ0v) is 14.9. The molecule has 2 aromatic carbocycles. The molecule has 1 aromatic heterocycles. The van der Waals surface area contributed by atoms with Crippen molar-refractivity contribution in [1.29, 1.82) is 0 Å². The van der Waals surface area contributed by atoms with Crippen molar-refractivity contribution in [2.45, 2.75) is 26.4 Å². The molecule has 0 fully saturated rings. The lowest BCUT2D eigenvalue weighted by molar-refractivity contribution is -0.137. The molecule has 0 unspecified atom stereocenters. The second-order valence-electron chi connectivity index (χ2n) is 6.12. The fourth-order valence-electron chi connectivity index (χ4n) is 2.56. The second kappa shape index (κ2) is 7.65. The molecule has 0 aliphatic carbocycles. The summed E-state index contributed by atoms with van der Waals surface area (Å²) < 4.78 is 40.0. The van der Waals surface area contributed by atoms with E-state index in [1.54, 1.807) is 18.2 Å². The van der Waals surface area contributed by atoms with Crippen molar-refractivity contribution in [3.8, 4) is 0 Å². The van der Waals surface area contributed by atoms with Gasteiger partial charge in [0.25, 0.3) is 0 Å². The molecule has 0 amide bonds. The highest BCUT2D eigenvalue weighted by atomic mass is 19.4. The number of nitrogens with zero attached hydrogens (tertiary/aromatic N) is 2. The number of rotatable bonds is 5. The Morgan fingerprint density at radius 2 is 1.70 bits per heavy atom. The van der Waals surface area contributed by atoms with Gasteiger partial charge in [-0.25, -0.2) is 4.98 Å². The van der Waals surface area contributed by atoms with Crippen LogP contribution in [0, 0.1) is 6.92 Å². The van der Waals surface area contributed by atoms with Crippen LogP contribution in [0.5, 0.6) is 0 Å². The average Bonchev–Trinajstić information content (AvgIpc) is 2.61. The van der Waals surface area contributed by atoms with E-state index < -0.39 is 11.7 Å². The van der Waals surface area contributed by atoms with Crippen LogP contribution in [0.2, 0.25) is 0 Å². The largest absolute Gasteiger partial charge is 0.421 e. The molecule has 0 saturated carbocycles. The van der Waals surface area contributed by atoms with Crippen LogP contribution < -0.4 is 10.6 Å². The van der Waals surface area contributed by atoms with Gasteiger partial charge in [-0.2, -0.15) is 18.2 Å². The van der Waals surface area contributed by atoms with Crippen molar-refractivity contribution in [3.05, 3.63) is 71.4 Å². The number of hydrogen-bond donors (Lipinski definition) is 2. The van der Waals surface area contributed by atoms with E-state index in [2.05, 4.69) is 20.6 Å². The molecule has 0 spiro atoms. The van der Waals surface area contributed by atoms with Gasteiger partial charge < -0.3 is 10.6 Å². The Balaban J connectivity index is 1.92. The van der Waals surface area contributed by atoms with Gasteiger partial charge in [-0.3, -0.25) is 0 Å². The molecule has 3 rings (SSSR count). The van der Waals surface area contributed by atoms with Crippen LogP contribution in [0.1, 0.15) is 23.6 Å². The van der Waals surface area contributed by atoms with Crippen LogP contribution in [-0.2, 0) is 12.6 Å². The first kappa shape index (κ1) is 18.7. The van der Waals surface area contributed by atoms with E-state index >= 15 is 0 Å². The van der Waals surface area contributed by atoms with Crippen molar-refractivity contribution >= 4 is 23.1 Å². The van der Waals surface area contributed by atoms with Gasteiger partial charge >= 0.3 is 6.18 Å². The first-order chi connectivity index (χ1) is 12.8. The number of aromatic nitrogens is 2. The van der Waals surface area contributed by atoms with Crippen LogP contribution in [0.25, 0.3) is 0 Å². The molecule has 0 aliphatic rings. The Bertz CT molecular complexity index is 921. The Kier molecular flexibility index (Phi) is 5.30. The van der Waals surface area contributed by atoms with Crippen LogP contribution in [0.3, 0.4) is 0 Å². The summed E-state index contributed by atoms with van der Waals surface area (Å²) in [5.41, 5.74) is 2.40. The zero-order chi connectivity index (χ0) is 19.4. The average molecular weight is 372 g/mol. The van der Waals surface area contributed by atoms with E-state index in [0.29, 0.717) is 11.4 Å². The summed E-state index contributed by atoms with van der Waals surface area (Å²) in [6, 6.07) is 14.6. The molecule has 0 aliphatic heterocycles. The lowest BCUT2D eigenvalue weighted by Crippen LogP contribution is -2.12. The first-order valence-corrected chi connectivity index (χ1v) is 8.49. The lowest BCUT2D eigenvalue weighted by Gasteiger charge is -2.15. The van der Waals surface area contributed by atoms with Gasteiger partial charge in [-0.05, 0) is 48.7 Å². The van der Waals surface area contributed by atoms with E-state index in [9.17, 15) is 13.2 Å². The van der Waals surface area contributed by atoms with E-state index in [1.807, 2.05) is 44.2 Å². The summed E-state index contributed by atoms with van der Waals surface area (Å²) >= 11 is 0. The van der Waals surface area contributed by atoms with E-state index in [1.165, 1.54) is 0 Å². The maximum absolute atomic E-state index is 13.3. The highest BCUT2D eigenvalue weighted by molar-refractivity contribution is 5.63. The first-order valence-electron chi connectivity index (χ1n) is 8.49. The predicted molar refractivity (Wildman–Crippen MR) is 101 cm³/mol. The minimum atomic E-state index is -4.56. The van der Waals surface area contributed by atoms with Crippen molar-refractivity contribution in [2.24, 2.45) is 0 Å². The quantitative estimate of drug-likeness (QED) is 0.589. The molecule has 0 saturated heterocycles. The molecule has 4 nitrogen and oxygen atoms in total. The molecule has 1 heterocycles.